The summed E-state index contributed by atoms with van der Waals surface area (Å²) in [5.74, 6) is 2.01. The van der Waals surface area contributed by atoms with Gasteiger partial charge in [0.2, 0.25) is 9.84 Å². The second-order valence-electron chi connectivity index (χ2n) is 13.3. The summed E-state index contributed by atoms with van der Waals surface area (Å²) in [7, 11) is -4.15. The molecule has 0 aliphatic heterocycles. The van der Waals surface area contributed by atoms with E-state index in [0.717, 1.165) is 11.1 Å². The van der Waals surface area contributed by atoms with E-state index < -0.39 is 9.84 Å². The Morgan fingerprint density at radius 1 is 0.490 bits per heavy atom. The lowest BCUT2D eigenvalue weighted by atomic mass is 10.0. The standard InChI is InChI=1S/C44H42O6S/c1-29(2)33-9-5-31(6-10-33)27-49-39-21-23-43(41(25-39)35-13-17-37(45)18-14-35)51(47,48)44-24-22-40(26-42(44)36-15-19-38(46)20-16-36)50-28-32-7-11-34(12-8-32)30(3)4/h5-26,29-30,45-46H,27-28H2,1-4H3. The van der Waals surface area contributed by atoms with E-state index in [-0.39, 0.29) is 21.3 Å². The van der Waals surface area contributed by atoms with Crippen LogP contribution < -0.4 is 9.47 Å². The molecule has 0 heterocycles. The minimum atomic E-state index is -4.15. The van der Waals surface area contributed by atoms with Crippen LogP contribution in [-0.2, 0) is 23.1 Å². The van der Waals surface area contributed by atoms with Crippen molar-refractivity contribution in [2.45, 2.75) is 62.5 Å². The maximum atomic E-state index is 14.7. The van der Waals surface area contributed by atoms with Crippen LogP contribution in [-0.4, -0.2) is 18.6 Å². The Morgan fingerprint density at radius 2 is 0.843 bits per heavy atom. The topological polar surface area (TPSA) is 93.1 Å². The minimum Gasteiger partial charge on any atom is -0.508 e. The Hall–Kier alpha value is -5.53. The molecule has 0 aromatic heterocycles. The SMILES string of the molecule is CC(C)c1ccc(COc2ccc(S(=O)(=O)c3ccc(OCc4ccc(C(C)C)cc4)cc3-c3ccc(O)cc3)c(-c3ccc(O)cc3)c2)cc1. The maximum Gasteiger partial charge on any atom is 0.207 e. The first kappa shape index (κ1) is 35.3. The molecule has 0 aliphatic rings. The molecule has 0 saturated carbocycles. The van der Waals surface area contributed by atoms with Crippen molar-refractivity contribution < 1.29 is 28.1 Å². The molecule has 7 heteroatoms. The molecule has 6 aromatic rings. The third kappa shape index (κ3) is 8.27. The van der Waals surface area contributed by atoms with Crippen LogP contribution in [0, 0.1) is 0 Å². The van der Waals surface area contributed by atoms with Crippen LogP contribution in [0.15, 0.2) is 143 Å². The van der Waals surface area contributed by atoms with Crippen molar-refractivity contribution in [3.8, 4) is 45.3 Å². The molecule has 0 aliphatic carbocycles. The van der Waals surface area contributed by atoms with Gasteiger partial charge in [-0.2, -0.15) is 0 Å². The number of sulfone groups is 1. The van der Waals surface area contributed by atoms with Crippen LogP contribution >= 0.6 is 0 Å². The van der Waals surface area contributed by atoms with E-state index in [4.69, 9.17) is 9.47 Å². The molecule has 0 fully saturated rings. The highest BCUT2D eigenvalue weighted by Crippen LogP contribution is 2.40. The van der Waals surface area contributed by atoms with Crippen molar-refractivity contribution >= 4 is 9.84 Å². The first-order valence-electron chi connectivity index (χ1n) is 17.0. The predicted octanol–water partition coefficient (Wildman–Crippen LogP) is 10.7. The van der Waals surface area contributed by atoms with Gasteiger partial charge in [-0.25, -0.2) is 8.42 Å². The van der Waals surface area contributed by atoms with Crippen molar-refractivity contribution in [2.75, 3.05) is 0 Å². The minimum absolute atomic E-state index is 0.0708. The Kier molecular flexibility index (Phi) is 10.5. The van der Waals surface area contributed by atoms with E-state index in [2.05, 4.69) is 52.0 Å². The summed E-state index contributed by atoms with van der Waals surface area (Å²) in [5.41, 5.74) is 6.55. The molecule has 6 aromatic carbocycles. The normalized spacial score (nSPS) is 11.6. The molecule has 0 radical (unpaired) electrons. The highest BCUT2D eigenvalue weighted by molar-refractivity contribution is 7.91. The Bertz CT molecular complexity index is 2050. The van der Waals surface area contributed by atoms with E-state index in [1.807, 2.05) is 24.3 Å². The molecule has 51 heavy (non-hydrogen) atoms. The smallest absolute Gasteiger partial charge is 0.207 e. The number of benzene rings is 6. The Balaban J connectivity index is 1.37. The van der Waals surface area contributed by atoms with E-state index in [1.54, 1.807) is 60.7 Å². The van der Waals surface area contributed by atoms with Gasteiger partial charge in [0.1, 0.15) is 36.2 Å². The van der Waals surface area contributed by atoms with E-state index in [1.165, 1.54) is 35.4 Å². The van der Waals surface area contributed by atoms with Crippen molar-refractivity contribution in [1.29, 1.82) is 0 Å². The van der Waals surface area contributed by atoms with Gasteiger partial charge in [0.05, 0.1) is 9.79 Å². The third-order valence-corrected chi connectivity index (χ3v) is 10.8. The number of ether oxygens (including phenoxy) is 2. The maximum absolute atomic E-state index is 14.7. The molecular weight excluding hydrogens is 657 g/mol. The highest BCUT2D eigenvalue weighted by atomic mass is 32.2. The summed E-state index contributed by atoms with van der Waals surface area (Å²) in [5, 5.41) is 20.0. The summed E-state index contributed by atoms with van der Waals surface area (Å²) in [4.78, 5) is 0.168. The molecule has 6 rings (SSSR count). The summed E-state index contributed by atoms with van der Waals surface area (Å²) < 4.78 is 41.8. The van der Waals surface area contributed by atoms with Crippen LogP contribution in [0.2, 0.25) is 0 Å². The molecule has 2 N–H and O–H groups in total. The summed E-state index contributed by atoms with van der Waals surface area (Å²) in [6, 6.07) is 39.3. The first-order valence-corrected chi connectivity index (χ1v) is 18.5. The largest absolute Gasteiger partial charge is 0.508 e. The van der Waals surface area contributed by atoms with Gasteiger partial charge in [-0.15, -0.1) is 0 Å². The number of aromatic hydroxyl groups is 2. The van der Waals surface area contributed by atoms with Crippen LogP contribution in [0.4, 0.5) is 0 Å². The predicted molar refractivity (Wildman–Crippen MR) is 202 cm³/mol. The molecular formula is C44H42O6S. The number of phenols is 2. The molecule has 0 spiro atoms. The number of hydrogen-bond donors (Lipinski definition) is 2. The molecule has 260 valence electrons. The Morgan fingerprint density at radius 3 is 1.18 bits per heavy atom. The van der Waals surface area contributed by atoms with Gasteiger partial charge in [-0.05, 0) is 106 Å². The number of hydrogen-bond acceptors (Lipinski definition) is 6. The average molecular weight is 699 g/mol. The molecule has 0 amide bonds. The van der Waals surface area contributed by atoms with Gasteiger partial charge < -0.3 is 19.7 Å². The van der Waals surface area contributed by atoms with Gasteiger partial charge in [-0.3, -0.25) is 0 Å². The number of phenolic OH excluding ortho intramolecular Hbond substituents is 2. The van der Waals surface area contributed by atoms with Gasteiger partial charge in [0.25, 0.3) is 0 Å². The van der Waals surface area contributed by atoms with Crippen LogP contribution in [0.3, 0.4) is 0 Å². The fraction of sp³-hybridized carbons (Fsp3) is 0.182. The Labute approximate surface area is 300 Å². The van der Waals surface area contributed by atoms with Gasteiger partial charge >= 0.3 is 0 Å². The van der Waals surface area contributed by atoms with E-state index in [0.29, 0.717) is 58.8 Å². The zero-order valence-electron chi connectivity index (χ0n) is 29.2. The van der Waals surface area contributed by atoms with Gasteiger partial charge in [0, 0.05) is 11.1 Å². The molecule has 0 unspecified atom stereocenters. The van der Waals surface area contributed by atoms with Crippen LogP contribution in [0.25, 0.3) is 22.3 Å². The van der Waals surface area contributed by atoms with E-state index >= 15 is 0 Å². The van der Waals surface area contributed by atoms with Crippen molar-refractivity contribution in [3.63, 3.8) is 0 Å². The van der Waals surface area contributed by atoms with Crippen molar-refractivity contribution in [1.82, 2.24) is 0 Å². The second-order valence-corrected chi connectivity index (χ2v) is 15.2. The quantitative estimate of drug-likeness (QED) is 0.132. The lowest BCUT2D eigenvalue weighted by Crippen LogP contribution is -2.07. The molecule has 6 nitrogen and oxygen atoms in total. The summed E-state index contributed by atoms with van der Waals surface area (Å²) in [6.45, 7) is 9.22. The lowest BCUT2D eigenvalue weighted by molar-refractivity contribution is 0.306. The lowest BCUT2D eigenvalue weighted by Gasteiger charge is -2.17. The zero-order chi connectivity index (χ0) is 36.1. The van der Waals surface area contributed by atoms with Gasteiger partial charge in [0.15, 0.2) is 0 Å². The summed E-state index contributed by atoms with van der Waals surface area (Å²) in [6.07, 6.45) is 0. The highest BCUT2D eigenvalue weighted by Gasteiger charge is 2.27. The first-order chi connectivity index (χ1) is 24.5. The third-order valence-electron chi connectivity index (χ3n) is 8.94. The van der Waals surface area contributed by atoms with E-state index in [9.17, 15) is 18.6 Å². The number of rotatable bonds is 12. The summed E-state index contributed by atoms with van der Waals surface area (Å²) >= 11 is 0. The average Bonchev–Trinajstić information content (AvgIpc) is 3.14. The fourth-order valence-electron chi connectivity index (χ4n) is 5.85. The fourth-order valence-corrected chi connectivity index (χ4v) is 7.51. The van der Waals surface area contributed by atoms with Crippen LogP contribution in [0.1, 0.15) is 61.8 Å². The molecule has 0 bridgehead atoms. The van der Waals surface area contributed by atoms with Gasteiger partial charge in [-0.1, -0.05) is 100 Å². The van der Waals surface area contributed by atoms with Crippen LogP contribution in [0.5, 0.6) is 23.0 Å². The second kappa shape index (κ2) is 15.2. The van der Waals surface area contributed by atoms with Crippen molar-refractivity contribution in [3.05, 3.63) is 156 Å². The molecule has 0 saturated heterocycles. The monoisotopic (exact) mass is 698 g/mol. The molecule has 0 atom stereocenters. The van der Waals surface area contributed by atoms with Crippen molar-refractivity contribution in [2.24, 2.45) is 0 Å². The zero-order valence-corrected chi connectivity index (χ0v) is 30.0.